The van der Waals surface area contributed by atoms with Gasteiger partial charge in [0.2, 0.25) is 0 Å². The molecule has 0 aliphatic heterocycles. The Morgan fingerprint density at radius 1 is 1.33 bits per heavy atom. The number of nitriles is 1. The van der Waals surface area contributed by atoms with E-state index in [1.165, 1.54) is 10.9 Å². The highest BCUT2D eigenvalue weighted by molar-refractivity contribution is 5.86. The summed E-state index contributed by atoms with van der Waals surface area (Å²) in [6.45, 7) is 5.31. The molecular formula is C15H16N4O2. The van der Waals surface area contributed by atoms with Gasteiger partial charge in [-0.25, -0.2) is 9.48 Å². The third-order valence-electron chi connectivity index (χ3n) is 2.51. The van der Waals surface area contributed by atoms with Crippen molar-refractivity contribution >= 4 is 11.8 Å². The number of nitrogens with zero attached hydrogens (tertiary/aromatic N) is 3. The summed E-state index contributed by atoms with van der Waals surface area (Å²) in [5.41, 5.74) is 0.695. The fraction of sp³-hybridized carbons (Fsp3) is 0.267. The number of hydrogen-bond donors (Lipinski definition) is 1. The molecule has 1 N–H and O–H groups in total. The third kappa shape index (κ3) is 3.60. The minimum absolute atomic E-state index is 0.243. The summed E-state index contributed by atoms with van der Waals surface area (Å²) in [4.78, 5) is 11.8. The smallest absolute Gasteiger partial charge is 0.412 e. The Bertz CT molecular complexity index is 678. The highest BCUT2D eigenvalue weighted by Gasteiger charge is 2.19. The van der Waals surface area contributed by atoms with E-state index in [0.717, 1.165) is 5.69 Å². The summed E-state index contributed by atoms with van der Waals surface area (Å²) in [5.74, 6) is 0. The maximum Gasteiger partial charge on any atom is 0.412 e. The number of carbonyl (C=O) groups is 1. The van der Waals surface area contributed by atoms with Crippen LogP contribution in [-0.2, 0) is 4.74 Å². The molecular weight excluding hydrogens is 268 g/mol. The molecule has 2 aromatic rings. The topological polar surface area (TPSA) is 79.9 Å². The Kier molecular flexibility index (Phi) is 3.94. The first-order valence-corrected chi connectivity index (χ1v) is 6.44. The summed E-state index contributed by atoms with van der Waals surface area (Å²) < 4.78 is 6.62. The van der Waals surface area contributed by atoms with Crippen LogP contribution in [0, 0.1) is 11.3 Å². The molecule has 0 unspecified atom stereocenters. The Morgan fingerprint density at radius 3 is 2.57 bits per heavy atom. The maximum absolute atomic E-state index is 11.8. The van der Waals surface area contributed by atoms with Gasteiger partial charge in [0, 0.05) is 0 Å². The van der Waals surface area contributed by atoms with Crippen molar-refractivity contribution in [2.45, 2.75) is 26.4 Å². The minimum Gasteiger partial charge on any atom is -0.444 e. The van der Waals surface area contributed by atoms with Crippen molar-refractivity contribution in [1.29, 1.82) is 5.26 Å². The third-order valence-corrected chi connectivity index (χ3v) is 2.51. The van der Waals surface area contributed by atoms with Crippen molar-refractivity contribution < 1.29 is 9.53 Å². The lowest BCUT2D eigenvalue weighted by atomic mass is 10.2. The molecule has 0 fully saturated rings. The van der Waals surface area contributed by atoms with E-state index in [4.69, 9.17) is 4.74 Å². The van der Waals surface area contributed by atoms with Crippen LogP contribution in [0.5, 0.6) is 0 Å². The van der Waals surface area contributed by atoms with E-state index in [1.807, 2.05) is 36.4 Å². The van der Waals surface area contributed by atoms with Crippen LogP contribution in [0.15, 0.2) is 36.5 Å². The summed E-state index contributed by atoms with van der Waals surface area (Å²) in [6.07, 6.45) is 0.807. The summed E-state index contributed by atoms with van der Waals surface area (Å²) >= 11 is 0. The predicted octanol–water partition coefficient (Wildman–Crippen LogP) is 3.09. The monoisotopic (exact) mass is 284 g/mol. The van der Waals surface area contributed by atoms with Crippen LogP contribution in [0.1, 0.15) is 26.5 Å². The molecule has 0 aliphatic carbocycles. The lowest BCUT2D eigenvalue weighted by molar-refractivity contribution is 0.0636. The number of amides is 1. The van der Waals surface area contributed by atoms with Crippen LogP contribution in [-0.4, -0.2) is 21.5 Å². The molecule has 0 bridgehead atoms. The molecule has 21 heavy (non-hydrogen) atoms. The van der Waals surface area contributed by atoms with E-state index in [0.29, 0.717) is 5.69 Å². The van der Waals surface area contributed by atoms with Gasteiger partial charge in [-0.15, -0.1) is 0 Å². The van der Waals surface area contributed by atoms with Gasteiger partial charge >= 0.3 is 6.09 Å². The van der Waals surface area contributed by atoms with Gasteiger partial charge in [0.1, 0.15) is 17.4 Å². The van der Waals surface area contributed by atoms with E-state index >= 15 is 0 Å². The molecule has 0 saturated heterocycles. The molecule has 0 saturated carbocycles. The van der Waals surface area contributed by atoms with Crippen molar-refractivity contribution in [1.82, 2.24) is 9.78 Å². The van der Waals surface area contributed by atoms with Crippen LogP contribution >= 0.6 is 0 Å². The number of aromatic nitrogens is 2. The minimum atomic E-state index is -0.619. The zero-order valence-electron chi connectivity index (χ0n) is 12.1. The van der Waals surface area contributed by atoms with E-state index in [1.54, 1.807) is 20.8 Å². The highest BCUT2D eigenvalue weighted by Crippen LogP contribution is 2.19. The Labute approximate surface area is 123 Å². The SMILES string of the molecule is CC(C)(C)OC(=O)Nc1cnn(-c2ccccc2)c1C#N. The number of rotatable bonds is 2. The number of benzene rings is 1. The van der Waals surface area contributed by atoms with Crippen molar-refractivity contribution in [3.63, 3.8) is 0 Å². The summed E-state index contributed by atoms with van der Waals surface area (Å²) in [7, 11) is 0. The highest BCUT2D eigenvalue weighted by atomic mass is 16.6. The predicted molar refractivity (Wildman–Crippen MR) is 78.1 cm³/mol. The molecule has 1 aromatic heterocycles. The first-order valence-electron chi connectivity index (χ1n) is 6.44. The van der Waals surface area contributed by atoms with Crippen LogP contribution in [0.25, 0.3) is 5.69 Å². The number of hydrogen-bond acceptors (Lipinski definition) is 4. The summed E-state index contributed by atoms with van der Waals surface area (Å²) in [5, 5.41) is 16.0. The van der Waals surface area contributed by atoms with Gasteiger partial charge in [-0.2, -0.15) is 10.4 Å². The molecule has 0 radical (unpaired) electrons. The molecule has 1 heterocycles. The van der Waals surface area contributed by atoms with Crippen molar-refractivity contribution in [3.05, 3.63) is 42.2 Å². The zero-order chi connectivity index (χ0) is 15.5. The molecule has 108 valence electrons. The van der Waals surface area contributed by atoms with Crippen molar-refractivity contribution in [2.75, 3.05) is 5.32 Å². The zero-order valence-corrected chi connectivity index (χ0v) is 12.1. The largest absolute Gasteiger partial charge is 0.444 e. The van der Waals surface area contributed by atoms with Gasteiger partial charge in [0.25, 0.3) is 0 Å². The second kappa shape index (κ2) is 5.67. The molecule has 0 aliphatic rings. The van der Waals surface area contributed by atoms with Gasteiger partial charge in [-0.05, 0) is 32.9 Å². The molecule has 0 spiro atoms. The van der Waals surface area contributed by atoms with Crippen LogP contribution in [0.3, 0.4) is 0 Å². The number of nitrogens with one attached hydrogen (secondary N) is 1. The lowest BCUT2D eigenvalue weighted by Crippen LogP contribution is -2.27. The van der Waals surface area contributed by atoms with E-state index in [2.05, 4.69) is 10.4 Å². The van der Waals surface area contributed by atoms with E-state index in [9.17, 15) is 10.1 Å². The first-order chi connectivity index (χ1) is 9.90. The van der Waals surface area contributed by atoms with Gasteiger partial charge in [0.05, 0.1) is 11.9 Å². The Hall–Kier alpha value is -2.81. The molecule has 0 atom stereocenters. The molecule has 2 rings (SSSR count). The standard InChI is InChI=1S/C15H16N4O2/c1-15(2,3)21-14(20)18-12-10-17-19(13(12)9-16)11-7-5-4-6-8-11/h4-8,10H,1-3H3,(H,18,20). The van der Waals surface area contributed by atoms with Gasteiger partial charge in [-0.3, -0.25) is 5.32 Å². The van der Waals surface area contributed by atoms with Gasteiger partial charge in [-0.1, -0.05) is 18.2 Å². The summed E-state index contributed by atoms with van der Waals surface area (Å²) in [6, 6.07) is 11.3. The normalized spacial score (nSPS) is 10.8. The van der Waals surface area contributed by atoms with E-state index < -0.39 is 11.7 Å². The number of carbonyl (C=O) groups excluding carboxylic acids is 1. The van der Waals surface area contributed by atoms with Gasteiger partial charge < -0.3 is 4.74 Å². The van der Waals surface area contributed by atoms with Crippen LogP contribution < -0.4 is 5.32 Å². The quantitative estimate of drug-likeness (QED) is 0.919. The first kappa shape index (κ1) is 14.6. The molecule has 6 heteroatoms. The second-order valence-corrected chi connectivity index (χ2v) is 5.39. The number of ether oxygens (including phenoxy) is 1. The van der Waals surface area contributed by atoms with Crippen molar-refractivity contribution in [2.24, 2.45) is 0 Å². The van der Waals surface area contributed by atoms with E-state index in [-0.39, 0.29) is 5.69 Å². The Morgan fingerprint density at radius 2 is 2.00 bits per heavy atom. The fourth-order valence-electron chi connectivity index (χ4n) is 1.73. The lowest BCUT2D eigenvalue weighted by Gasteiger charge is -2.19. The van der Waals surface area contributed by atoms with Gasteiger partial charge in [0.15, 0.2) is 5.69 Å². The number of anilines is 1. The molecule has 1 amide bonds. The second-order valence-electron chi connectivity index (χ2n) is 5.39. The average molecular weight is 284 g/mol. The fourth-order valence-corrected chi connectivity index (χ4v) is 1.73. The van der Waals surface area contributed by atoms with Crippen LogP contribution in [0.4, 0.5) is 10.5 Å². The average Bonchev–Trinajstić information content (AvgIpc) is 2.80. The molecule has 6 nitrogen and oxygen atoms in total. The Balaban J connectivity index is 2.26. The maximum atomic E-state index is 11.8. The van der Waals surface area contributed by atoms with Crippen molar-refractivity contribution in [3.8, 4) is 11.8 Å². The number of para-hydroxylation sites is 1. The molecule has 1 aromatic carbocycles. The van der Waals surface area contributed by atoms with Crippen LogP contribution in [0.2, 0.25) is 0 Å².